The van der Waals surface area contributed by atoms with E-state index in [9.17, 15) is 0 Å². The maximum absolute atomic E-state index is 5.43. The fraction of sp³-hybridized carbons (Fsp3) is 0.300. The summed E-state index contributed by atoms with van der Waals surface area (Å²) in [5, 5.41) is 14.0. The van der Waals surface area contributed by atoms with Crippen LogP contribution < -0.4 is 0 Å². The smallest absolute Gasteiger partial charge is 0.177 e. The van der Waals surface area contributed by atoms with Crippen molar-refractivity contribution < 1.29 is 4.74 Å². The average molecular weight is 360 g/mol. The van der Waals surface area contributed by atoms with Crippen LogP contribution in [0.3, 0.4) is 0 Å². The van der Waals surface area contributed by atoms with Crippen molar-refractivity contribution >= 4 is 16.6 Å². The third-order valence-electron chi connectivity index (χ3n) is 4.92. The van der Waals surface area contributed by atoms with Gasteiger partial charge in [0.25, 0.3) is 0 Å². The van der Waals surface area contributed by atoms with Gasteiger partial charge in [0.05, 0.1) is 18.7 Å². The van der Waals surface area contributed by atoms with Gasteiger partial charge in [0.1, 0.15) is 0 Å². The largest absolute Gasteiger partial charge is 0.379 e. The van der Waals surface area contributed by atoms with Gasteiger partial charge in [-0.1, -0.05) is 6.07 Å². The Labute approximate surface area is 156 Å². The maximum Gasteiger partial charge on any atom is 0.177 e. The lowest BCUT2D eigenvalue weighted by molar-refractivity contribution is 0.0341. The predicted molar refractivity (Wildman–Crippen MR) is 101 cm³/mol. The number of hydrogen-bond acceptors (Lipinski definition) is 6. The van der Waals surface area contributed by atoms with Crippen molar-refractivity contribution in [3.05, 3.63) is 65.7 Å². The molecule has 0 N–H and O–H groups in total. The number of nitrogens with zero attached hydrogens (tertiary/aromatic N) is 6. The number of aromatic nitrogens is 5. The number of hydrogen-bond donors (Lipinski definition) is 0. The number of rotatable bonds is 4. The highest BCUT2D eigenvalue weighted by Gasteiger charge is 2.12. The molecule has 1 aromatic carbocycles. The summed E-state index contributed by atoms with van der Waals surface area (Å²) >= 11 is 0. The van der Waals surface area contributed by atoms with Crippen molar-refractivity contribution in [1.82, 2.24) is 29.7 Å². The van der Waals surface area contributed by atoms with E-state index in [1.54, 1.807) is 10.7 Å². The molecule has 0 aliphatic carbocycles. The van der Waals surface area contributed by atoms with E-state index in [-0.39, 0.29) is 0 Å². The first-order valence-corrected chi connectivity index (χ1v) is 9.18. The van der Waals surface area contributed by atoms with Crippen LogP contribution in [-0.2, 0) is 17.7 Å². The zero-order valence-electron chi connectivity index (χ0n) is 15.0. The summed E-state index contributed by atoms with van der Waals surface area (Å²) < 4.78 is 7.22. The van der Waals surface area contributed by atoms with Gasteiger partial charge in [-0.25, -0.2) is 0 Å². The van der Waals surface area contributed by atoms with Crippen LogP contribution in [0.2, 0.25) is 0 Å². The summed E-state index contributed by atoms with van der Waals surface area (Å²) in [5.41, 5.74) is 4.18. The monoisotopic (exact) mass is 360 g/mol. The Morgan fingerprint density at radius 3 is 2.81 bits per heavy atom. The Balaban J connectivity index is 1.41. The van der Waals surface area contributed by atoms with E-state index in [0.717, 1.165) is 55.2 Å². The van der Waals surface area contributed by atoms with Gasteiger partial charge in [0, 0.05) is 43.8 Å². The topological polar surface area (TPSA) is 68.4 Å². The van der Waals surface area contributed by atoms with Gasteiger partial charge in [-0.05, 0) is 41.5 Å². The van der Waals surface area contributed by atoms with E-state index in [2.05, 4.69) is 49.4 Å². The Hall–Kier alpha value is -2.90. The van der Waals surface area contributed by atoms with Crippen molar-refractivity contribution in [2.24, 2.45) is 0 Å². The third-order valence-corrected chi connectivity index (χ3v) is 4.92. The molecule has 0 spiro atoms. The van der Waals surface area contributed by atoms with Gasteiger partial charge in [-0.2, -0.15) is 9.61 Å². The summed E-state index contributed by atoms with van der Waals surface area (Å²) in [6.07, 6.45) is 4.41. The molecule has 1 aliphatic heterocycles. The molecule has 1 aliphatic rings. The molecule has 1 saturated heterocycles. The van der Waals surface area contributed by atoms with Crippen molar-refractivity contribution in [2.45, 2.75) is 13.0 Å². The minimum Gasteiger partial charge on any atom is -0.379 e. The number of morpholine rings is 1. The van der Waals surface area contributed by atoms with Crippen LogP contribution in [0, 0.1) is 0 Å². The Kier molecular flexibility index (Phi) is 4.23. The van der Waals surface area contributed by atoms with Crippen LogP contribution in [-0.4, -0.2) is 56.0 Å². The van der Waals surface area contributed by atoms with Crippen LogP contribution in [0.4, 0.5) is 0 Å². The normalized spacial score (nSPS) is 15.6. The molecule has 136 valence electrons. The lowest BCUT2D eigenvalue weighted by Gasteiger charge is -2.26. The lowest BCUT2D eigenvalue weighted by Crippen LogP contribution is -2.35. The van der Waals surface area contributed by atoms with Gasteiger partial charge in [0.15, 0.2) is 11.5 Å². The Bertz CT molecular complexity index is 1090. The molecule has 7 heteroatoms. The molecule has 0 atom stereocenters. The maximum atomic E-state index is 5.43. The van der Waals surface area contributed by atoms with Crippen molar-refractivity contribution in [3.63, 3.8) is 0 Å². The van der Waals surface area contributed by atoms with Gasteiger partial charge in [0.2, 0.25) is 0 Å². The zero-order chi connectivity index (χ0) is 18.1. The SMILES string of the molecule is c1cnn2c(Cc3ccc4ncc(CN5CCOCC5)cc4c3)nnc2c1. The molecule has 4 heterocycles. The highest BCUT2D eigenvalue weighted by Crippen LogP contribution is 2.19. The van der Waals surface area contributed by atoms with Gasteiger partial charge >= 0.3 is 0 Å². The van der Waals surface area contributed by atoms with Crippen LogP contribution in [0.1, 0.15) is 17.0 Å². The number of pyridine rings is 1. The van der Waals surface area contributed by atoms with Gasteiger partial charge in [-0.15, -0.1) is 10.2 Å². The summed E-state index contributed by atoms with van der Waals surface area (Å²) in [6, 6.07) is 12.4. The van der Waals surface area contributed by atoms with Crippen LogP contribution in [0.5, 0.6) is 0 Å². The fourth-order valence-electron chi connectivity index (χ4n) is 3.52. The molecular weight excluding hydrogens is 340 g/mol. The first kappa shape index (κ1) is 16.3. The minimum absolute atomic E-state index is 0.682. The van der Waals surface area contributed by atoms with Gasteiger partial charge in [-0.3, -0.25) is 9.88 Å². The van der Waals surface area contributed by atoms with E-state index >= 15 is 0 Å². The summed E-state index contributed by atoms with van der Waals surface area (Å²) in [4.78, 5) is 7.04. The van der Waals surface area contributed by atoms with Gasteiger partial charge < -0.3 is 4.74 Å². The van der Waals surface area contributed by atoms with Crippen LogP contribution in [0.25, 0.3) is 16.6 Å². The van der Waals surface area contributed by atoms with Crippen molar-refractivity contribution in [2.75, 3.05) is 26.3 Å². The van der Waals surface area contributed by atoms with E-state index in [0.29, 0.717) is 6.42 Å². The molecule has 4 aromatic rings. The lowest BCUT2D eigenvalue weighted by atomic mass is 10.1. The predicted octanol–water partition coefficient (Wildman–Crippen LogP) is 2.10. The van der Waals surface area contributed by atoms with E-state index < -0.39 is 0 Å². The molecule has 0 amide bonds. The van der Waals surface area contributed by atoms with Crippen molar-refractivity contribution in [3.8, 4) is 0 Å². The van der Waals surface area contributed by atoms with E-state index in [4.69, 9.17) is 4.74 Å². The number of benzene rings is 1. The molecule has 7 nitrogen and oxygen atoms in total. The molecule has 0 unspecified atom stereocenters. The molecule has 0 saturated carbocycles. The quantitative estimate of drug-likeness (QED) is 0.555. The van der Waals surface area contributed by atoms with Crippen LogP contribution >= 0.6 is 0 Å². The zero-order valence-corrected chi connectivity index (χ0v) is 15.0. The van der Waals surface area contributed by atoms with E-state index in [1.165, 1.54) is 11.1 Å². The molecule has 0 bridgehead atoms. The molecule has 0 radical (unpaired) electrons. The summed E-state index contributed by atoms with van der Waals surface area (Å²) in [5.74, 6) is 0.836. The van der Waals surface area contributed by atoms with Crippen molar-refractivity contribution in [1.29, 1.82) is 0 Å². The first-order valence-electron chi connectivity index (χ1n) is 9.18. The van der Waals surface area contributed by atoms with E-state index in [1.807, 2.05) is 18.3 Å². The average Bonchev–Trinajstić information content (AvgIpc) is 3.11. The summed E-state index contributed by atoms with van der Waals surface area (Å²) in [6.45, 7) is 4.49. The molecular formula is C20H20N6O. The second-order valence-electron chi connectivity index (χ2n) is 6.85. The number of fused-ring (bicyclic) bond motifs is 2. The molecule has 27 heavy (non-hydrogen) atoms. The Morgan fingerprint density at radius 1 is 1.00 bits per heavy atom. The summed E-state index contributed by atoms with van der Waals surface area (Å²) in [7, 11) is 0. The molecule has 3 aromatic heterocycles. The number of ether oxygens (including phenoxy) is 1. The van der Waals surface area contributed by atoms with Crippen LogP contribution in [0.15, 0.2) is 48.8 Å². The molecule has 1 fully saturated rings. The third kappa shape index (κ3) is 3.39. The first-order chi connectivity index (χ1) is 13.3. The highest BCUT2D eigenvalue weighted by molar-refractivity contribution is 5.79. The fourth-order valence-corrected chi connectivity index (χ4v) is 3.52. The standard InChI is InChI=1S/C20H20N6O/c1-2-19-23-24-20(26(19)22-5-1)12-15-3-4-18-17(10-15)11-16(13-21-18)14-25-6-8-27-9-7-25/h1-5,10-11,13H,6-9,12,14H2. The second kappa shape index (κ2) is 7.02. The highest BCUT2D eigenvalue weighted by atomic mass is 16.5. The molecule has 5 rings (SSSR count). The minimum atomic E-state index is 0.682. The second-order valence-corrected chi connectivity index (χ2v) is 6.85. The Morgan fingerprint density at radius 2 is 1.89 bits per heavy atom.